The van der Waals surface area contributed by atoms with Crippen molar-refractivity contribution in [3.05, 3.63) is 59.2 Å². The third-order valence-electron chi connectivity index (χ3n) is 7.36. The number of ketones is 1. The van der Waals surface area contributed by atoms with Crippen molar-refractivity contribution in [1.29, 1.82) is 0 Å². The fourth-order valence-corrected chi connectivity index (χ4v) is 4.99. The van der Waals surface area contributed by atoms with E-state index in [0.717, 1.165) is 25.9 Å². The Morgan fingerprint density at radius 3 is 2.39 bits per heavy atom. The SMILES string of the molecule is CCCOc1ccc(C(O)=C2C(=O)C(=O)N(CCN3CCOCC3)C2c2ccc(OCCC(C)C)c(OC)c2)cc1. The van der Waals surface area contributed by atoms with Crippen LogP contribution in [0.5, 0.6) is 17.2 Å². The quantitative estimate of drug-likeness (QED) is 0.212. The van der Waals surface area contributed by atoms with Crippen molar-refractivity contribution in [2.24, 2.45) is 5.92 Å². The highest BCUT2D eigenvalue weighted by Crippen LogP contribution is 2.42. The lowest BCUT2D eigenvalue weighted by Crippen LogP contribution is -2.42. The fourth-order valence-electron chi connectivity index (χ4n) is 4.99. The van der Waals surface area contributed by atoms with E-state index in [1.54, 1.807) is 48.4 Å². The topological polar surface area (TPSA) is 97.8 Å². The van der Waals surface area contributed by atoms with Crippen molar-refractivity contribution in [3.8, 4) is 17.2 Å². The van der Waals surface area contributed by atoms with Gasteiger partial charge in [-0.1, -0.05) is 26.8 Å². The number of benzene rings is 2. The zero-order valence-corrected chi connectivity index (χ0v) is 24.6. The Bertz CT molecular complexity index is 1220. The summed E-state index contributed by atoms with van der Waals surface area (Å²) in [6.07, 6.45) is 1.77. The number of hydrogen-bond donors (Lipinski definition) is 1. The minimum atomic E-state index is -0.786. The summed E-state index contributed by atoms with van der Waals surface area (Å²) in [7, 11) is 1.56. The molecule has 222 valence electrons. The molecule has 9 heteroatoms. The molecule has 2 aromatic rings. The maximum Gasteiger partial charge on any atom is 0.295 e. The number of nitrogens with zero attached hydrogens (tertiary/aromatic N) is 2. The molecule has 2 aliphatic heterocycles. The third-order valence-corrected chi connectivity index (χ3v) is 7.36. The minimum Gasteiger partial charge on any atom is -0.507 e. The second-order valence-electron chi connectivity index (χ2n) is 10.8. The van der Waals surface area contributed by atoms with Gasteiger partial charge in [-0.25, -0.2) is 0 Å². The second kappa shape index (κ2) is 14.4. The van der Waals surface area contributed by atoms with Crippen LogP contribution in [-0.2, 0) is 14.3 Å². The summed E-state index contributed by atoms with van der Waals surface area (Å²) >= 11 is 0. The molecule has 9 nitrogen and oxygen atoms in total. The molecule has 0 spiro atoms. The van der Waals surface area contributed by atoms with Gasteiger partial charge >= 0.3 is 0 Å². The first kappa shape index (κ1) is 30.4. The molecule has 1 N–H and O–H groups in total. The standard InChI is InChI=1S/C32H42N2O7/c1-5-17-40-25-9-6-23(7-10-25)30(35)28-29(24-8-11-26(27(21-24)38-4)41-18-12-22(2)3)34(32(37)31(28)36)14-13-33-15-19-39-20-16-33/h6-11,21-22,29,35H,5,12-20H2,1-4H3. The molecule has 1 amide bonds. The number of hydrogen-bond acceptors (Lipinski definition) is 8. The van der Waals surface area contributed by atoms with Crippen molar-refractivity contribution in [2.75, 3.05) is 59.7 Å². The summed E-state index contributed by atoms with van der Waals surface area (Å²) < 4.78 is 22.7. The van der Waals surface area contributed by atoms with Crippen LogP contribution in [0.3, 0.4) is 0 Å². The molecule has 0 aliphatic carbocycles. The molecule has 2 heterocycles. The first-order valence-electron chi connectivity index (χ1n) is 14.5. The molecule has 41 heavy (non-hydrogen) atoms. The van der Waals surface area contributed by atoms with Crippen LogP contribution in [0.2, 0.25) is 0 Å². The van der Waals surface area contributed by atoms with E-state index in [9.17, 15) is 14.7 Å². The summed E-state index contributed by atoms with van der Waals surface area (Å²) in [6.45, 7) is 11.1. The zero-order chi connectivity index (χ0) is 29.4. The van der Waals surface area contributed by atoms with Gasteiger partial charge in [0.25, 0.3) is 11.7 Å². The van der Waals surface area contributed by atoms with Crippen molar-refractivity contribution in [1.82, 2.24) is 9.80 Å². The number of aliphatic hydroxyl groups excluding tert-OH is 1. The summed E-state index contributed by atoms with van der Waals surface area (Å²) in [6, 6.07) is 11.5. The van der Waals surface area contributed by atoms with E-state index < -0.39 is 17.7 Å². The maximum absolute atomic E-state index is 13.5. The van der Waals surface area contributed by atoms with Crippen LogP contribution in [-0.4, -0.2) is 86.3 Å². The lowest BCUT2D eigenvalue weighted by molar-refractivity contribution is -0.140. The monoisotopic (exact) mass is 566 g/mol. The van der Waals surface area contributed by atoms with E-state index in [0.29, 0.717) is 73.8 Å². The van der Waals surface area contributed by atoms with Crippen LogP contribution in [0, 0.1) is 5.92 Å². The number of Topliss-reactive ketones (excluding diaryl/α,β-unsaturated/α-hetero) is 1. The van der Waals surface area contributed by atoms with Gasteiger partial charge in [0.15, 0.2) is 11.5 Å². The van der Waals surface area contributed by atoms with Crippen LogP contribution >= 0.6 is 0 Å². The van der Waals surface area contributed by atoms with Gasteiger partial charge in [-0.2, -0.15) is 0 Å². The average molecular weight is 567 g/mol. The number of carbonyl (C=O) groups is 2. The number of rotatable bonds is 13. The highest BCUT2D eigenvalue weighted by atomic mass is 16.5. The number of morpholine rings is 1. The molecule has 1 atom stereocenters. The highest BCUT2D eigenvalue weighted by Gasteiger charge is 2.46. The number of methoxy groups -OCH3 is 1. The minimum absolute atomic E-state index is 0.0507. The largest absolute Gasteiger partial charge is 0.507 e. The van der Waals surface area contributed by atoms with Crippen molar-refractivity contribution >= 4 is 17.4 Å². The fraction of sp³-hybridized carbons (Fsp3) is 0.500. The van der Waals surface area contributed by atoms with Gasteiger partial charge in [-0.15, -0.1) is 0 Å². The van der Waals surface area contributed by atoms with Crippen molar-refractivity contribution in [3.63, 3.8) is 0 Å². The first-order chi connectivity index (χ1) is 19.8. The maximum atomic E-state index is 13.5. The molecule has 2 aromatic carbocycles. The van der Waals surface area contributed by atoms with Crippen LogP contribution in [0.1, 0.15) is 50.8 Å². The Morgan fingerprint density at radius 1 is 1.00 bits per heavy atom. The Labute approximate surface area is 242 Å². The number of amides is 1. The van der Waals surface area contributed by atoms with E-state index in [1.165, 1.54) is 0 Å². The van der Waals surface area contributed by atoms with Gasteiger partial charge in [0.2, 0.25) is 0 Å². The summed E-state index contributed by atoms with van der Waals surface area (Å²) in [5.41, 5.74) is 1.14. The molecule has 0 radical (unpaired) electrons. The molecule has 0 saturated carbocycles. The first-order valence-corrected chi connectivity index (χ1v) is 14.5. The predicted octanol–water partition coefficient (Wildman–Crippen LogP) is 4.66. The second-order valence-corrected chi connectivity index (χ2v) is 10.8. The Kier molecular flexibility index (Phi) is 10.7. The number of carbonyl (C=O) groups excluding carboxylic acids is 2. The molecule has 2 saturated heterocycles. The molecule has 0 aromatic heterocycles. The normalized spacial score (nSPS) is 19.1. The molecule has 0 bridgehead atoms. The van der Waals surface area contributed by atoms with E-state index in [4.69, 9.17) is 18.9 Å². The zero-order valence-electron chi connectivity index (χ0n) is 24.6. The van der Waals surface area contributed by atoms with E-state index >= 15 is 0 Å². The van der Waals surface area contributed by atoms with Gasteiger partial charge in [-0.05, 0) is 60.7 Å². The van der Waals surface area contributed by atoms with Gasteiger partial charge in [-0.3, -0.25) is 14.5 Å². The van der Waals surface area contributed by atoms with Gasteiger partial charge in [0, 0.05) is 31.7 Å². The molecule has 2 aliphatic rings. The smallest absolute Gasteiger partial charge is 0.295 e. The molecule has 2 fully saturated rings. The van der Waals surface area contributed by atoms with Gasteiger partial charge in [0.05, 0.1) is 45.2 Å². The van der Waals surface area contributed by atoms with Crippen molar-refractivity contribution in [2.45, 2.75) is 39.7 Å². The van der Waals surface area contributed by atoms with Gasteiger partial charge in [0.1, 0.15) is 11.5 Å². The Balaban J connectivity index is 1.70. The van der Waals surface area contributed by atoms with Crippen LogP contribution in [0.15, 0.2) is 48.0 Å². The van der Waals surface area contributed by atoms with Crippen LogP contribution in [0.25, 0.3) is 5.76 Å². The van der Waals surface area contributed by atoms with Crippen molar-refractivity contribution < 1.29 is 33.6 Å². The van der Waals surface area contributed by atoms with Crippen LogP contribution in [0.4, 0.5) is 0 Å². The van der Waals surface area contributed by atoms with Gasteiger partial charge < -0.3 is 29.0 Å². The number of aliphatic hydroxyl groups is 1. The lowest BCUT2D eigenvalue weighted by atomic mass is 9.95. The number of likely N-dealkylation sites (tertiary alicyclic amines) is 1. The number of ether oxygens (including phenoxy) is 4. The summed E-state index contributed by atoms with van der Waals surface area (Å²) in [5, 5.41) is 11.4. The summed E-state index contributed by atoms with van der Waals surface area (Å²) in [5.74, 6) is 0.691. The molecule has 4 rings (SSSR count). The summed E-state index contributed by atoms with van der Waals surface area (Å²) in [4.78, 5) is 30.7. The third kappa shape index (κ3) is 7.40. The Morgan fingerprint density at radius 2 is 1.73 bits per heavy atom. The predicted molar refractivity (Wildman–Crippen MR) is 156 cm³/mol. The Hall–Kier alpha value is -3.56. The van der Waals surface area contributed by atoms with E-state index in [1.807, 2.05) is 13.0 Å². The molecule has 1 unspecified atom stereocenters. The van der Waals surface area contributed by atoms with Crippen LogP contribution < -0.4 is 14.2 Å². The average Bonchev–Trinajstić information content (AvgIpc) is 3.24. The van der Waals surface area contributed by atoms with E-state index in [-0.39, 0.29) is 11.3 Å². The molecular formula is C32H42N2O7. The molecular weight excluding hydrogens is 524 g/mol. The lowest BCUT2D eigenvalue weighted by Gasteiger charge is -2.31. The highest BCUT2D eigenvalue weighted by molar-refractivity contribution is 6.46. The van der Waals surface area contributed by atoms with E-state index in [2.05, 4.69) is 18.7 Å².